The van der Waals surface area contributed by atoms with Gasteiger partial charge in [-0.3, -0.25) is 4.79 Å². The Bertz CT molecular complexity index is 583. The van der Waals surface area contributed by atoms with E-state index in [0.29, 0.717) is 11.4 Å². The minimum Gasteiger partial charge on any atom is -0.491 e. The van der Waals surface area contributed by atoms with E-state index in [4.69, 9.17) is 15.2 Å². The van der Waals surface area contributed by atoms with E-state index >= 15 is 0 Å². The molecule has 106 valence electrons. The fourth-order valence-corrected chi connectivity index (χ4v) is 2.15. The first kappa shape index (κ1) is 14.3. The maximum Gasteiger partial charge on any atom is 0.309 e. The number of ether oxygens (including phenoxy) is 2. The molecule has 0 spiro atoms. The number of carbonyl (C=O) groups excluding carboxylic acids is 1. The number of thiazole rings is 1. The summed E-state index contributed by atoms with van der Waals surface area (Å²) in [5.74, 6) is 0.264. The van der Waals surface area contributed by atoms with Crippen molar-refractivity contribution in [1.82, 2.24) is 4.98 Å². The molecule has 20 heavy (non-hydrogen) atoms. The molecule has 0 amide bonds. The zero-order valence-corrected chi connectivity index (χ0v) is 12.0. The highest BCUT2D eigenvalue weighted by atomic mass is 32.1. The van der Waals surface area contributed by atoms with E-state index in [2.05, 4.69) is 4.98 Å². The molecule has 2 N–H and O–H groups in total. The molecular weight excluding hydrogens is 276 g/mol. The fourth-order valence-electron chi connectivity index (χ4n) is 1.56. The number of nitrogens with two attached hydrogens (primary N) is 1. The number of hydrogen-bond donors (Lipinski definition) is 1. The molecule has 0 aliphatic heterocycles. The molecule has 0 radical (unpaired) electrons. The van der Waals surface area contributed by atoms with Gasteiger partial charge in [0.25, 0.3) is 0 Å². The number of benzene rings is 1. The summed E-state index contributed by atoms with van der Waals surface area (Å²) in [6, 6.07) is 7.16. The van der Waals surface area contributed by atoms with Gasteiger partial charge in [0.2, 0.25) is 0 Å². The second kappa shape index (κ2) is 6.91. The van der Waals surface area contributed by atoms with Crippen LogP contribution in [0, 0.1) is 6.92 Å². The molecule has 0 bridgehead atoms. The first-order chi connectivity index (χ1) is 9.65. The second-order valence-corrected chi connectivity index (χ2v) is 5.22. The SMILES string of the molecule is Cc1nc(COC(=O)CCOc2ccccc2N)cs1. The molecule has 0 atom stereocenters. The lowest BCUT2D eigenvalue weighted by Gasteiger charge is -2.08. The highest BCUT2D eigenvalue weighted by Crippen LogP contribution is 2.19. The summed E-state index contributed by atoms with van der Waals surface area (Å²) >= 11 is 1.53. The third-order valence-electron chi connectivity index (χ3n) is 2.53. The molecule has 0 fully saturated rings. The van der Waals surface area contributed by atoms with Gasteiger partial charge in [0.05, 0.1) is 29.4 Å². The van der Waals surface area contributed by atoms with Crippen LogP contribution in [0.1, 0.15) is 17.1 Å². The van der Waals surface area contributed by atoms with Gasteiger partial charge in [-0.15, -0.1) is 11.3 Å². The molecule has 0 aliphatic rings. The molecule has 2 rings (SSSR count). The van der Waals surface area contributed by atoms with E-state index < -0.39 is 0 Å². The summed E-state index contributed by atoms with van der Waals surface area (Å²) in [4.78, 5) is 15.8. The maximum absolute atomic E-state index is 11.5. The Hall–Kier alpha value is -2.08. The normalized spacial score (nSPS) is 10.2. The molecule has 6 heteroatoms. The number of aryl methyl sites for hydroxylation is 1. The number of aromatic nitrogens is 1. The third kappa shape index (κ3) is 4.24. The summed E-state index contributed by atoms with van der Waals surface area (Å²) in [6.45, 7) is 2.36. The number of para-hydroxylation sites is 2. The van der Waals surface area contributed by atoms with Gasteiger partial charge in [0, 0.05) is 5.38 Å². The van der Waals surface area contributed by atoms with Crippen molar-refractivity contribution >= 4 is 23.0 Å². The Morgan fingerprint density at radius 1 is 1.40 bits per heavy atom. The van der Waals surface area contributed by atoms with Crippen LogP contribution in [0.25, 0.3) is 0 Å². The van der Waals surface area contributed by atoms with Crippen LogP contribution in [0.2, 0.25) is 0 Å². The van der Waals surface area contributed by atoms with E-state index in [1.54, 1.807) is 12.1 Å². The van der Waals surface area contributed by atoms with Crippen LogP contribution in [0.15, 0.2) is 29.6 Å². The van der Waals surface area contributed by atoms with Gasteiger partial charge < -0.3 is 15.2 Å². The van der Waals surface area contributed by atoms with Gasteiger partial charge in [0.1, 0.15) is 12.4 Å². The van der Waals surface area contributed by atoms with Crippen LogP contribution in [0.5, 0.6) is 5.75 Å². The summed E-state index contributed by atoms with van der Waals surface area (Å²) in [5, 5.41) is 2.84. The van der Waals surface area contributed by atoms with Crippen LogP contribution < -0.4 is 10.5 Å². The van der Waals surface area contributed by atoms with Gasteiger partial charge >= 0.3 is 5.97 Å². The quantitative estimate of drug-likeness (QED) is 0.654. The zero-order valence-electron chi connectivity index (χ0n) is 11.2. The van der Waals surface area contributed by atoms with Crippen LogP contribution in [0.3, 0.4) is 0 Å². The number of nitrogen functional groups attached to an aromatic ring is 1. The lowest BCUT2D eigenvalue weighted by molar-refractivity contribution is -0.145. The second-order valence-electron chi connectivity index (χ2n) is 4.15. The average Bonchev–Trinajstić information content (AvgIpc) is 2.84. The molecule has 0 saturated carbocycles. The van der Waals surface area contributed by atoms with Gasteiger partial charge in [0.15, 0.2) is 0 Å². The number of carbonyl (C=O) groups is 1. The number of anilines is 1. The van der Waals surface area contributed by atoms with Crippen LogP contribution >= 0.6 is 11.3 Å². The Balaban J connectivity index is 1.69. The lowest BCUT2D eigenvalue weighted by atomic mass is 10.3. The molecule has 0 saturated heterocycles. The highest BCUT2D eigenvalue weighted by molar-refractivity contribution is 7.09. The van der Waals surface area contributed by atoms with E-state index in [1.807, 2.05) is 24.4 Å². The van der Waals surface area contributed by atoms with Crippen molar-refractivity contribution in [2.24, 2.45) is 0 Å². The van der Waals surface area contributed by atoms with Gasteiger partial charge in [-0.25, -0.2) is 4.98 Å². The largest absolute Gasteiger partial charge is 0.491 e. The number of nitrogens with zero attached hydrogens (tertiary/aromatic N) is 1. The van der Waals surface area contributed by atoms with E-state index in [9.17, 15) is 4.79 Å². The third-order valence-corrected chi connectivity index (χ3v) is 3.35. The molecule has 2 aromatic rings. The van der Waals surface area contributed by atoms with Crippen LogP contribution in [-0.2, 0) is 16.1 Å². The molecule has 0 unspecified atom stereocenters. The van der Waals surface area contributed by atoms with Gasteiger partial charge in [-0.2, -0.15) is 0 Å². The lowest BCUT2D eigenvalue weighted by Crippen LogP contribution is -2.10. The smallest absolute Gasteiger partial charge is 0.309 e. The molecule has 1 aromatic carbocycles. The highest BCUT2D eigenvalue weighted by Gasteiger charge is 2.06. The summed E-state index contributed by atoms with van der Waals surface area (Å²) in [6.07, 6.45) is 0.178. The molecule has 1 aromatic heterocycles. The standard InChI is InChI=1S/C14H16N2O3S/c1-10-16-11(9-20-10)8-19-14(17)6-7-18-13-5-3-2-4-12(13)15/h2-5,9H,6-8,15H2,1H3. The maximum atomic E-state index is 11.5. The summed E-state index contributed by atoms with van der Waals surface area (Å²) in [5.41, 5.74) is 7.05. The van der Waals surface area contributed by atoms with Crippen LogP contribution in [-0.4, -0.2) is 17.6 Å². The van der Waals surface area contributed by atoms with E-state index in [1.165, 1.54) is 11.3 Å². The van der Waals surface area contributed by atoms with Crippen molar-refractivity contribution < 1.29 is 14.3 Å². The van der Waals surface area contributed by atoms with Crippen molar-refractivity contribution in [3.05, 3.63) is 40.3 Å². The number of hydrogen-bond acceptors (Lipinski definition) is 6. The molecule has 0 aliphatic carbocycles. The Labute approximate surface area is 121 Å². The minimum absolute atomic E-state index is 0.178. The zero-order chi connectivity index (χ0) is 14.4. The average molecular weight is 292 g/mol. The van der Waals surface area contributed by atoms with E-state index in [-0.39, 0.29) is 25.6 Å². The summed E-state index contributed by atoms with van der Waals surface area (Å²) in [7, 11) is 0. The topological polar surface area (TPSA) is 74.4 Å². The van der Waals surface area contributed by atoms with Gasteiger partial charge in [-0.05, 0) is 19.1 Å². The predicted molar refractivity (Wildman–Crippen MR) is 77.6 cm³/mol. The Morgan fingerprint density at radius 2 is 2.20 bits per heavy atom. The fraction of sp³-hybridized carbons (Fsp3) is 0.286. The van der Waals surface area contributed by atoms with Gasteiger partial charge in [-0.1, -0.05) is 12.1 Å². The minimum atomic E-state index is -0.315. The Morgan fingerprint density at radius 3 is 2.90 bits per heavy atom. The van der Waals surface area contributed by atoms with Crippen molar-refractivity contribution in [1.29, 1.82) is 0 Å². The number of rotatable bonds is 6. The molecular formula is C14H16N2O3S. The monoisotopic (exact) mass is 292 g/mol. The first-order valence-electron chi connectivity index (χ1n) is 6.19. The molecule has 1 heterocycles. The van der Waals surface area contributed by atoms with Crippen molar-refractivity contribution in [2.45, 2.75) is 20.0 Å². The number of esters is 1. The predicted octanol–water partition coefficient (Wildman–Crippen LogP) is 2.55. The van der Waals surface area contributed by atoms with Crippen molar-refractivity contribution in [3.63, 3.8) is 0 Å². The Kier molecular flexibility index (Phi) is 4.95. The summed E-state index contributed by atoms with van der Waals surface area (Å²) < 4.78 is 10.5. The van der Waals surface area contributed by atoms with Crippen molar-refractivity contribution in [2.75, 3.05) is 12.3 Å². The van der Waals surface area contributed by atoms with Crippen LogP contribution in [0.4, 0.5) is 5.69 Å². The van der Waals surface area contributed by atoms with Crippen molar-refractivity contribution in [3.8, 4) is 5.75 Å². The van der Waals surface area contributed by atoms with E-state index in [0.717, 1.165) is 10.7 Å². The first-order valence-corrected chi connectivity index (χ1v) is 7.07. The molecule has 5 nitrogen and oxygen atoms in total.